The predicted molar refractivity (Wildman–Crippen MR) is 209 cm³/mol. The third kappa shape index (κ3) is 5.42. The topological polar surface area (TPSA) is 0 Å². The first-order chi connectivity index (χ1) is 23.0. The van der Waals surface area contributed by atoms with Crippen molar-refractivity contribution in [3.63, 3.8) is 0 Å². The second-order valence-electron chi connectivity index (χ2n) is 17.6. The van der Waals surface area contributed by atoms with E-state index >= 15 is 0 Å². The molecule has 48 heavy (non-hydrogen) atoms. The summed E-state index contributed by atoms with van der Waals surface area (Å²) >= 11 is 0. The summed E-state index contributed by atoms with van der Waals surface area (Å²) < 4.78 is 0. The predicted octanol–water partition coefficient (Wildman–Crippen LogP) is 12.8. The lowest BCUT2D eigenvalue weighted by atomic mass is 9.78. The van der Waals surface area contributed by atoms with E-state index in [-0.39, 0.29) is 5.41 Å². The van der Waals surface area contributed by atoms with Crippen molar-refractivity contribution in [1.82, 2.24) is 0 Å². The van der Waals surface area contributed by atoms with E-state index < -0.39 is 8.07 Å². The third-order valence-electron chi connectivity index (χ3n) is 13.0. The Bertz CT molecular complexity index is 1900. The molecule has 246 valence electrons. The zero-order chi connectivity index (χ0) is 33.4. The molecule has 0 spiro atoms. The van der Waals surface area contributed by atoms with Gasteiger partial charge in [-0.15, -0.1) is 0 Å². The number of benzene rings is 4. The minimum absolute atomic E-state index is 0.153. The number of aryl methyl sites for hydroxylation is 1. The van der Waals surface area contributed by atoms with Gasteiger partial charge in [0.15, 0.2) is 0 Å². The molecule has 4 aliphatic rings. The van der Waals surface area contributed by atoms with Crippen LogP contribution in [0.4, 0.5) is 0 Å². The van der Waals surface area contributed by atoms with Gasteiger partial charge in [0.2, 0.25) is 0 Å². The highest BCUT2D eigenvalue weighted by atomic mass is 28.3. The van der Waals surface area contributed by atoms with Crippen LogP contribution in [0, 0.1) is 36.5 Å². The summed E-state index contributed by atoms with van der Waals surface area (Å²) in [4.78, 5) is 0. The van der Waals surface area contributed by atoms with Crippen LogP contribution < -0.4 is 0 Å². The molecule has 0 amide bonds. The van der Waals surface area contributed by atoms with E-state index in [9.17, 15) is 0 Å². The van der Waals surface area contributed by atoms with Gasteiger partial charge < -0.3 is 0 Å². The van der Waals surface area contributed by atoms with Crippen molar-refractivity contribution in [1.29, 1.82) is 0 Å². The molecule has 6 unspecified atom stereocenters. The van der Waals surface area contributed by atoms with Gasteiger partial charge in [0.05, 0.1) is 8.07 Å². The molecule has 4 aliphatic carbocycles. The number of hydrogen-bond donors (Lipinski definition) is 0. The molecule has 0 aromatic heterocycles. The average molecular weight is 647 g/mol. The lowest BCUT2D eigenvalue weighted by molar-refractivity contribution is 0.448. The fraction of sp³-hybridized carbons (Fsp3) is 0.404. The van der Waals surface area contributed by atoms with E-state index in [0.717, 1.165) is 28.8 Å². The van der Waals surface area contributed by atoms with Crippen molar-refractivity contribution in [3.05, 3.63) is 137 Å². The van der Waals surface area contributed by atoms with E-state index in [4.69, 9.17) is 0 Å². The molecule has 1 heteroatoms. The molecule has 0 N–H and O–H groups in total. The van der Waals surface area contributed by atoms with Gasteiger partial charge >= 0.3 is 0 Å². The maximum atomic E-state index is 2.81. The van der Waals surface area contributed by atoms with Crippen LogP contribution in [-0.2, 0) is 11.8 Å². The average Bonchev–Trinajstić information content (AvgIpc) is 3.74. The van der Waals surface area contributed by atoms with Gasteiger partial charge in [0.25, 0.3) is 0 Å². The minimum atomic E-state index is -1.81. The van der Waals surface area contributed by atoms with Crippen LogP contribution in [0.15, 0.2) is 109 Å². The first-order valence-corrected chi connectivity index (χ1v) is 22.0. The summed E-state index contributed by atoms with van der Waals surface area (Å²) in [6.07, 6.45) is 13.0. The molecule has 4 aromatic carbocycles. The number of allylic oxidation sites excluding steroid dienone is 4. The van der Waals surface area contributed by atoms with E-state index in [1.165, 1.54) is 64.6 Å². The molecule has 0 aliphatic heterocycles. The number of rotatable bonds is 6. The maximum absolute atomic E-state index is 2.81. The second kappa shape index (κ2) is 11.9. The molecule has 0 heterocycles. The van der Waals surface area contributed by atoms with Crippen molar-refractivity contribution in [2.45, 2.75) is 89.9 Å². The third-order valence-corrected chi connectivity index (χ3v) is 18.0. The fourth-order valence-electron chi connectivity index (χ4n) is 10.9. The first kappa shape index (κ1) is 31.8. The van der Waals surface area contributed by atoms with Gasteiger partial charge in [-0.3, -0.25) is 0 Å². The van der Waals surface area contributed by atoms with Crippen molar-refractivity contribution in [2.75, 3.05) is 0 Å². The van der Waals surface area contributed by atoms with Crippen LogP contribution in [-0.4, -0.2) is 8.07 Å². The summed E-state index contributed by atoms with van der Waals surface area (Å²) in [5, 5.41) is 0. The largest absolute Gasteiger partial charge is 0.0808 e. The standard InChI is InChI=1S/C47H54Si/c1-30-25-34(28-35(26-30)47(3,4)5)37-19-13-21-40-43(37)27-31(2)45(40)48(6,7)46-41-22-14-20-39(44(41)29-42(46)33-23-24-33)38-18-12-11-17-36(38)32-15-9-8-10-16-32/h8-22,25-26,28,31,33,40,42-43,45-46H,23-24,27,29H2,1-7H3. The summed E-state index contributed by atoms with van der Waals surface area (Å²) in [5.41, 5.74) is 16.5. The Kier molecular flexibility index (Phi) is 7.87. The van der Waals surface area contributed by atoms with E-state index in [2.05, 4.69) is 157 Å². The van der Waals surface area contributed by atoms with Crippen LogP contribution in [0.1, 0.15) is 80.3 Å². The Morgan fingerprint density at radius 1 is 0.750 bits per heavy atom. The van der Waals surface area contributed by atoms with Crippen LogP contribution in [0.25, 0.3) is 27.8 Å². The Balaban J connectivity index is 1.18. The monoisotopic (exact) mass is 646 g/mol. The lowest BCUT2D eigenvalue weighted by Crippen LogP contribution is -2.46. The number of fused-ring (bicyclic) bond motifs is 2. The number of hydrogen-bond acceptors (Lipinski definition) is 0. The quantitative estimate of drug-likeness (QED) is 0.183. The van der Waals surface area contributed by atoms with E-state index in [1.54, 1.807) is 16.7 Å². The van der Waals surface area contributed by atoms with Crippen molar-refractivity contribution in [3.8, 4) is 22.3 Å². The molecular weight excluding hydrogens is 593 g/mol. The Labute approximate surface area is 291 Å². The van der Waals surface area contributed by atoms with E-state index in [1.807, 2.05) is 0 Å². The lowest BCUT2D eigenvalue weighted by Gasteiger charge is -2.44. The van der Waals surface area contributed by atoms with Crippen molar-refractivity contribution < 1.29 is 0 Å². The summed E-state index contributed by atoms with van der Waals surface area (Å²) in [6, 6.07) is 34.9. The zero-order valence-electron chi connectivity index (χ0n) is 30.3. The van der Waals surface area contributed by atoms with Gasteiger partial charge in [-0.25, -0.2) is 0 Å². The van der Waals surface area contributed by atoms with Crippen molar-refractivity contribution >= 4 is 13.6 Å². The van der Waals surface area contributed by atoms with Crippen molar-refractivity contribution in [2.24, 2.45) is 29.6 Å². The molecule has 0 radical (unpaired) electrons. The van der Waals surface area contributed by atoms with E-state index in [0.29, 0.717) is 11.8 Å². The highest BCUT2D eigenvalue weighted by Crippen LogP contribution is 2.63. The van der Waals surface area contributed by atoms with Crippen LogP contribution in [0.3, 0.4) is 0 Å². The molecule has 0 bridgehead atoms. The fourth-order valence-corrected chi connectivity index (χ4v) is 16.8. The van der Waals surface area contributed by atoms with Crippen LogP contribution in [0.2, 0.25) is 18.6 Å². The summed E-state index contributed by atoms with van der Waals surface area (Å²) in [7, 11) is -1.81. The van der Waals surface area contributed by atoms with Gasteiger partial charge in [0.1, 0.15) is 0 Å². The normalized spacial score (nSPS) is 26.7. The van der Waals surface area contributed by atoms with Gasteiger partial charge in [0, 0.05) is 0 Å². The Morgan fingerprint density at radius 3 is 2.19 bits per heavy atom. The zero-order valence-corrected chi connectivity index (χ0v) is 31.3. The van der Waals surface area contributed by atoms with Crippen LogP contribution in [0.5, 0.6) is 0 Å². The highest BCUT2D eigenvalue weighted by molar-refractivity contribution is 6.80. The van der Waals surface area contributed by atoms with Gasteiger partial charge in [-0.1, -0.05) is 156 Å². The molecule has 6 atom stereocenters. The van der Waals surface area contributed by atoms with Gasteiger partial charge in [-0.05, 0) is 129 Å². The second-order valence-corrected chi connectivity index (χ2v) is 22.5. The highest BCUT2D eigenvalue weighted by Gasteiger charge is 2.57. The van der Waals surface area contributed by atoms with Gasteiger partial charge in [-0.2, -0.15) is 0 Å². The molecule has 0 saturated heterocycles. The summed E-state index contributed by atoms with van der Waals surface area (Å²) in [5.74, 6) is 3.71. The smallest absolute Gasteiger partial charge is 0.0595 e. The molecular formula is C47H54Si. The van der Waals surface area contributed by atoms with Crippen LogP contribution >= 0.6 is 0 Å². The summed E-state index contributed by atoms with van der Waals surface area (Å²) in [6.45, 7) is 17.6. The first-order valence-electron chi connectivity index (χ1n) is 18.8. The SMILES string of the molecule is Cc1cc(C2=CC=CC3C2CC(C)C3[Si](C)(C)C2c3cccc(-c4ccccc4-c4ccccc4)c3CC2C2CC2)cc(C(C)(C)C)c1. The minimum Gasteiger partial charge on any atom is -0.0808 e. The maximum Gasteiger partial charge on any atom is 0.0595 e. The molecule has 0 nitrogen and oxygen atoms in total. The Hall–Kier alpha value is -3.42. The molecule has 2 saturated carbocycles. The molecule has 4 aromatic rings. The molecule has 2 fully saturated rings. The Morgan fingerprint density at radius 2 is 1.46 bits per heavy atom. The molecule has 8 rings (SSSR count).